The minimum Gasteiger partial charge on any atom is -0.496 e. The molecule has 2 bridgehead atoms. The van der Waals surface area contributed by atoms with Crippen molar-refractivity contribution in [2.75, 3.05) is 17.3 Å². The molecule has 0 amide bonds. The number of methoxy groups -OCH3 is 1. The number of aromatic nitrogens is 2. The lowest BCUT2D eigenvalue weighted by molar-refractivity contribution is 0.126. The van der Waals surface area contributed by atoms with Crippen molar-refractivity contribution in [1.82, 2.24) is 10.2 Å². The molecular formula is C25H27N5O2. The number of aliphatic hydroxyl groups excluding tert-OH is 1. The first-order valence-electron chi connectivity index (χ1n) is 11.1. The number of nitrogens with one attached hydrogen (secondary N) is 1. The number of piperidine rings is 1. The largest absolute Gasteiger partial charge is 0.496 e. The second-order valence-corrected chi connectivity index (χ2v) is 8.82. The highest BCUT2D eigenvalue weighted by Gasteiger charge is 2.41. The van der Waals surface area contributed by atoms with E-state index in [1.54, 1.807) is 7.11 Å². The zero-order valence-corrected chi connectivity index (χ0v) is 18.4. The van der Waals surface area contributed by atoms with E-state index in [0.29, 0.717) is 17.9 Å². The number of rotatable bonds is 5. The van der Waals surface area contributed by atoms with E-state index in [-0.39, 0.29) is 18.2 Å². The van der Waals surface area contributed by atoms with Crippen molar-refractivity contribution in [3.05, 3.63) is 53.1 Å². The topological polar surface area (TPSA) is 94.3 Å². The Morgan fingerprint density at radius 2 is 1.91 bits per heavy atom. The van der Waals surface area contributed by atoms with Crippen LogP contribution in [-0.4, -0.2) is 40.6 Å². The third kappa shape index (κ3) is 3.61. The number of aryl methyl sites for hydroxylation is 1. The van der Waals surface area contributed by atoms with E-state index in [2.05, 4.69) is 32.5 Å². The molecule has 3 aromatic rings. The normalized spacial score (nSPS) is 22.1. The number of benzene rings is 2. The van der Waals surface area contributed by atoms with Crippen LogP contribution >= 0.6 is 0 Å². The molecular weight excluding hydrogens is 402 g/mol. The second kappa shape index (κ2) is 8.29. The van der Waals surface area contributed by atoms with Crippen molar-refractivity contribution in [2.45, 2.75) is 57.3 Å². The van der Waals surface area contributed by atoms with Gasteiger partial charge in [-0.15, -0.1) is 10.2 Å². The molecule has 7 heteroatoms. The molecule has 0 radical (unpaired) electrons. The molecule has 0 spiro atoms. The van der Waals surface area contributed by atoms with Crippen molar-refractivity contribution in [1.29, 1.82) is 5.26 Å². The molecule has 2 aliphatic heterocycles. The highest BCUT2D eigenvalue weighted by Crippen LogP contribution is 2.41. The van der Waals surface area contributed by atoms with Gasteiger partial charge in [0.05, 0.1) is 24.8 Å². The molecule has 3 heterocycles. The molecule has 2 N–H and O–H groups in total. The van der Waals surface area contributed by atoms with Gasteiger partial charge in [0.25, 0.3) is 0 Å². The van der Waals surface area contributed by atoms with Gasteiger partial charge in [-0.05, 0) is 68.0 Å². The third-order valence-corrected chi connectivity index (χ3v) is 6.76. The summed E-state index contributed by atoms with van der Waals surface area (Å²) in [6.45, 7) is 2.61. The molecule has 164 valence electrons. The zero-order chi connectivity index (χ0) is 22.2. The number of ether oxygens (including phenoxy) is 1. The van der Waals surface area contributed by atoms with Gasteiger partial charge >= 0.3 is 0 Å². The summed E-state index contributed by atoms with van der Waals surface area (Å²) < 4.78 is 5.35. The summed E-state index contributed by atoms with van der Waals surface area (Å²) in [7, 11) is 1.67. The van der Waals surface area contributed by atoms with Crippen molar-refractivity contribution in [3.63, 3.8) is 0 Å². The molecule has 2 aliphatic rings. The maximum Gasteiger partial charge on any atom is 0.159 e. The number of nitriles is 1. The summed E-state index contributed by atoms with van der Waals surface area (Å²) in [6.07, 6.45) is 3.44. The average molecular weight is 430 g/mol. The number of aliphatic hydroxyl groups is 1. The number of hydrogen-bond donors (Lipinski definition) is 2. The Kier molecular flexibility index (Phi) is 5.32. The van der Waals surface area contributed by atoms with Gasteiger partial charge in [0, 0.05) is 29.4 Å². The van der Waals surface area contributed by atoms with Gasteiger partial charge in [0.1, 0.15) is 5.75 Å². The highest BCUT2D eigenvalue weighted by atomic mass is 16.5. The molecule has 2 atom stereocenters. The summed E-state index contributed by atoms with van der Waals surface area (Å²) in [5, 5.41) is 34.1. The number of anilines is 2. The SMILES string of the molecule is COc1ccc(CNc2nnc(N3C4CCC3CC(O)C4)c3ccc(C#N)cc23)cc1C. The van der Waals surface area contributed by atoms with Crippen LogP contribution in [0.3, 0.4) is 0 Å². The first-order valence-corrected chi connectivity index (χ1v) is 11.1. The molecule has 1 aromatic heterocycles. The molecule has 2 aromatic carbocycles. The van der Waals surface area contributed by atoms with Crippen LogP contribution in [0.1, 0.15) is 42.4 Å². The van der Waals surface area contributed by atoms with E-state index in [0.717, 1.165) is 59.2 Å². The third-order valence-electron chi connectivity index (χ3n) is 6.76. The Labute approximate surface area is 187 Å². The van der Waals surface area contributed by atoms with E-state index in [9.17, 15) is 10.4 Å². The van der Waals surface area contributed by atoms with Crippen LogP contribution in [0, 0.1) is 18.3 Å². The van der Waals surface area contributed by atoms with Gasteiger partial charge < -0.3 is 20.1 Å². The fraction of sp³-hybridized carbons (Fsp3) is 0.400. The Morgan fingerprint density at radius 1 is 1.12 bits per heavy atom. The van der Waals surface area contributed by atoms with Crippen LogP contribution in [0.4, 0.5) is 11.6 Å². The summed E-state index contributed by atoms with van der Waals surface area (Å²) in [4.78, 5) is 2.35. The maximum absolute atomic E-state index is 10.2. The van der Waals surface area contributed by atoms with Gasteiger partial charge in [0.2, 0.25) is 0 Å². The van der Waals surface area contributed by atoms with Crippen LogP contribution < -0.4 is 15.0 Å². The van der Waals surface area contributed by atoms with E-state index in [4.69, 9.17) is 4.74 Å². The lowest BCUT2D eigenvalue weighted by Gasteiger charge is -2.38. The van der Waals surface area contributed by atoms with Crippen LogP contribution in [0.2, 0.25) is 0 Å². The van der Waals surface area contributed by atoms with Gasteiger partial charge in [-0.1, -0.05) is 12.1 Å². The fourth-order valence-corrected chi connectivity index (χ4v) is 5.26. The van der Waals surface area contributed by atoms with Gasteiger partial charge in [-0.2, -0.15) is 5.26 Å². The Bertz CT molecular complexity index is 1190. The van der Waals surface area contributed by atoms with E-state index >= 15 is 0 Å². The lowest BCUT2D eigenvalue weighted by Crippen LogP contribution is -2.45. The second-order valence-electron chi connectivity index (χ2n) is 8.82. The minimum absolute atomic E-state index is 0.234. The van der Waals surface area contributed by atoms with E-state index < -0.39 is 0 Å². The maximum atomic E-state index is 10.2. The first-order chi connectivity index (χ1) is 15.6. The number of fused-ring (bicyclic) bond motifs is 3. The fourth-order valence-electron chi connectivity index (χ4n) is 5.26. The molecule has 7 nitrogen and oxygen atoms in total. The summed E-state index contributed by atoms with van der Waals surface area (Å²) >= 11 is 0. The zero-order valence-electron chi connectivity index (χ0n) is 18.4. The monoisotopic (exact) mass is 429 g/mol. The van der Waals surface area contributed by atoms with Crippen LogP contribution in [0.25, 0.3) is 10.8 Å². The Hall–Kier alpha value is -3.37. The number of nitrogens with zero attached hydrogens (tertiary/aromatic N) is 4. The van der Waals surface area contributed by atoms with Gasteiger partial charge in [0.15, 0.2) is 11.6 Å². The summed E-state index contributed by atoms with van der Waals surface area (Å²) in [5.74, 6) is 2.39. The highest BCUT2D eigenvalue weighted by molar-refractivity contribution is 5.99. The summed E-state index contributed by atoms with van der Waals surface area (Å²) in [6, 6.07) is 14.6. The van der Waals surface area contributed by atoms with Crippen LogP contribution in [0.5, 0.6) is 5.75 Å². The average Bonchev–Trinajstić information content (AvgIpc) is 3.07. The van der Waals surface area contributed by atoms with E-state index in [1.807, 2.05) is 37.3 Å². The molecule has 5 rings (SSSR count). The number of hydrogen-bond acceptors (Lipinski definition) is 7. The van der Waals surface area contributed by atoms with Gasteiger partial charge in [-0.25, -0.2) is 0 Å². The van der Waals surface area contributed by atoms with E-state index in [1.165, 1.54) is 0 Å². The first kappa shape index (κ1) is 20.5. The molecule has 2 fully saturated rings. The van der Waals surface area contributed by atoms with Crippen molar-refractivity contribution >= 4 is 22.4 Å². The molecule has 2 saturated heterocycles. The van der Waals surface area contributed by atoms with Crippen molar-refractivity contribution in [2.24, 2.45) is 0 Å². The van der Waals surface area contributed by atoms with Gasteiger partial charge in [-0.3, -0.25) is 0 Å². The molecule has 32 heavy (non-hydrogen) atoms. The standard InChI is InChI=1S/C25H27N5O2/c1-15-9-17(4-8-23(15)32-2)14-27-24-22-10-16(13-26)3-7-21(22)25(29-28-24)30-18-5-6-19(30)12-20(31)11-18/h3-4,7-10,18-20,31H,5-6,11-12,14H2,1-2H3,(H,27,28). The van der Waals surface area contributed by atoms with Crippen molar-refractivity contribution < 1.29 is 9.84 Å². The van der Waals surface area contributed by atoms with Crippen molar-refractivity contribution in [3.8, 4) is 11.8 Å². The van der Waals surface area contributed by atoms with Crippen LogP contribution in [-0.2, 0) is 6.54 Å². The minimum atomic E-state index is -0.234. The smallest absolute Gasteiger partial charge is 0.159 e. The summed E-state index contributed by atoms with van der Waals surface area (Å²) in [5.41, 5.74) is 2.78. The van der Waals surface area contributed by atoms with Crippen LogP contribution in [0.15, 0.2) is 36.4 Å². The Morgan fingerprint density at radius 3 is 2.59 bits per heavy atom. The Balaban J connectivity index is 1.50. The quantitative estimate of drug-likeness (QED) is 0.635. The predicted octanol–water partition coefficient (Wildman–Crippen LogP) is 3.92. The molecule has 2 unspecified atom stereocenters. The molecule has 0 saturated carbocycles. The molecule has 0 aliphatic carbocycles. The lowest BCUT2D eigenvalue weighted by atomic mass is 9.99. The predicted molar refractivity (Wildman–Crippen MR) is 124 cm³/mol.